The summed E-state index contributed by atoms with van der Waals surface area (Å²) >= 11 is 0. The van der Waals surface area contributed by atoms with Crippen LogP contribution in [-0.2, 0) is 6.54 Å². The maximum atomic E-state index is 5.40. The molecule has 0 spiro atoms. The minimum atomic E-state index is 0.251. The van der Waals surface area contributed by atoms with Crippen LogP contribution in [0.1, 0.15) is 25.8 Å². The molecule has 0 fully saturated rings. The number of ether oxygens (including phenoxy) is 2. The average molecular weight is 247 g/mol. The van der Waals surface area contributed by atoms with Crippen molar-refractivity contribution in [1.82, 2.24) is 5.32 Å². The van der Waals surface area contributed by atoms with Gasteiger partial charge in [-0.1, -0.05) is 18.9 Å². The van der Waals surface area contributed by atoms with Crippen LogP contribution in [0.5, 0.6) is 11.5 Å². The van der Waals surface area contributed by atoms with E-state index in [1.807, 2.05) is 18.2 Å². The highest BCUT2D eigenvalue weighted by Gasteiger charge is 2.06. The molecule has 1 unspecified atom stereocenters. The first-order valence-corrected chi connectivity index (χ1v) is 6.17. The van der Waals surface area contributed by atoms with Gasteiger partial charge in [-0.05, 0) is 31.0 Å². The molecule has 3 heteroatoms. The number of nitrogens with one attached hydrogen (secondary N) is 1. The molecule has 98 valence electrons. The van der Waals surface area contributed by atoms with Gasteiger partial charge in [-0.15, -0.1) is 6.42 Å². The summed E-state index contributed by atoms with van der Waals surface area (Å²) < 4.78 is 10.7. The Morgan fingerprint density at radius 3 is 2.78 bits per heavy atom. The zero-order valence-electron chi connectivity index (χ0n) is 11.3. The topological polar surface area (TPSA) is 30.5 Å². The van der Waals surface area contributed by atoms with E-state index < -0.39 is 0 Å². The molecule has 0 aromatic heterocycles. The van der Waals surface area contributed by atoms with E-state index in [1.54, 1.807) is 7.11 Å². The second-order valence-corrected chi connectivity index (χ2v) is 4.17. The normalized spacial score (nSPS) is 11.7. The molecule has 3 nitrogen and oxygen atoms in total. The highest BCUT2D eigenvalue weighted by molar-refractivity contribution is 5.43. The van der Waals surface area contributed by atoms with Crippen LogP contribution in [0.25, 0.3) is 0 Å². The fourth-order valence-corrected chi connectivity index (χ4v) is 1.50. The Labute approximate surface area is 109 Å². The summed E-state index contributed by atoms with van der Waals surface area (Å²) in [6.07, 6.45) is 6.28. The molecule has 18 heavy (non-hydrogen) atoms. The maximum absolute atomic E-state index is 5.40. The number of hydrogen-bond acceptors (Lipinski definition) is 3. The van der Waals surface area contributed by atoms with Gasteiger partial charge in [0.2, 0.25) is 0 Å². The van der Waals surface area contributed by atoms with Crippen LogP contribution in [0.3, 0.4) is 0 Å². The van der Waals surface area contributed by atoms with Gasteiger partial charge in [0.25, 0.3) is 0 Å². The van der Waals surface area contributed by atoms with Crippen LogP contribution in [0, 0.1) is 12.3 Å². The van der Waals surface area contributed by atoms with E-state index in [0.29, 0.717) is 17.5 Å². The lowest BCUT2D eigenvalue weighted by Crippen LogP contribution is -2.24. The van der Waals surface area contributed by atoms with Crippen LogP contribution in [0.15, 0.2) is 18.2 Å². The Hall–Kier alpha value is -1.66. The summed E-state index contributed by atoms with van der Waals surface area (Å²) in [5.74, 6) is 3.84. The lowest BCUT2D eigenvalue weighted by molar-refractivity contribution is 0.330. The summed E-state index contributed by atoms with van der Waals surface area (Å²) in [6.45, 7) is 5.40. The van der Waals surface area contributed by atoms with E-state index in [-0.39, 0.29) is 6.61 Å². The summed E-state index contributed by atoms with van der Waals surface area (Å²) in [5.41, 5.74) is 1.17. The molecule has 0 amide bonds. The van der Waals surface area contributed by atoms with Gasteiger partial charge in [-0.25, -0.2) is 0 Å². The number of terminal acetylenes is 1. The largest absolute Gasteiger partial charge is 0.493 e. The zero-order chi connectivity index (χ0) is 13.4. The van der Waals surface area contributed by atoms with Crippen molar-refractivity contribution in [3.05, 3.63) is 23.8 Å². The average Bonchev–Trinajstić information content (AvgIpc) is 2.42. The molecule has 0 aliphatic heterocycles. The minimum Gasteiger partial charge on any atom is -0.493 e. The smallest absolute Gasteiger partial charge is 0.162 e. The first-order chi connectivity index (χ1) is 8.71. The first-order valence-electron chi connectivity index (χ1n) is 6.17. The molecule has 0 aliphatic carbocycles. The van der Waals surface area contributed by atoms with Crippen LogP contribution in [0.2, 0.25) is 0 Å². The molecule has 1 aromatic carbocycles. The Bertz CT molecular complexity index is 409. The van der Waals surface area contributed by atoms with Gasteiger partial charge < -0.3 is 14.8 Å². The molecular weight excluding hydrogens is 226 g/mol. The lowest BCUT2D eigenvalue weighted by Gasteiger charge is -2.13. The van der Waals surface area contributed by atoms with Gasteiger partial charge in [0, 0.05) is 12.6 Å². The van der Waals surface area contributed by atoms with E-state index in [0.717, 1.165) is 13.0 Å². The third-order valence-corrected chi connectivity index (χ3v) is 2.81. The predicted molar refractivity (Wildman–Crippen MR) is 73.9 cm³/mol. The van der Waals surface area contributed by atoms with Crippen LogP contribution >= 0.6 is 0 Å². The van der Waals surface area contributed by atoms with Crippen molar-refractivity contribution >= 4 is 0 Å². The Balaban J connectivity index is 2.69. The highest BCUT2D eigenvalue weighted by atomic mass is 16.5. The van der Waals surface area contributed by atoms with Crippen LogP contribution in [0.4, 0.5) is 0 Å². The molecule has 1 N–H and O–H groups in total. The van der Waals surface area contributed by atoms with Gasteiger partial charge in [0.1, 0.15) is 6.61 Å². The summed E-state index contributed by atoms with van der Waals surface area (Å²) in [6, 6.07) is 6.39. The molecule has 0 bridgehead atoms. The molecule has 1 rings (SSSR count). The SMILES string of the molecule is C#CCOc1ccc(CNC(C)CC)cc1OC. The van der Waals surface area contributed by atoms with Gasteiger partial charge >= 0.3 is 0 Å². The molecular formula is C15H21NO2. The van der Waals surface area contributed by atoms with Crippen molar-refractivity contribution in [3.8, 4) is 23.8 Å². The number of hydrogen-bond donors (Lipinski definition) is 1. The fraction of sp³-hybridized carbons (Fsp3) is 0.467. The van der Waals surface area contributed by atoms with Crippen LogP contribution < -0.4 is 14.8 Å². The highest BCUT2D eigenvalue weighted by Crippen LogP contribution is 2.27. The van der Waals surface area contributed by atoms with E-state index >= 15 is 0 Å². The molecule has 0 radical (unpaired) electrons. The van der Waals surface area contributed by atoms with E-state index in [1.165, 1.54) is 5.56 Å². The quantitative estimate of drug-likeness (QED) is 0.751. The van der Waals surface area contributed by atoms with Crippen molar-refractivity contribution < 1.29 is 9.47 Å². The van der Waals surface area contributed by atoms with Crippen molar-refractivity contribution in [2.75, 3.05) is 13.7 Å². The maximum Gasteiger partial charge on any atom is 0.162 e. The van der Waals surface area contributed by atoms with Crippen molar-refractivity contribution in [3.63, 3.8) is 0 Å². The van der Waals surface area contributed by atoms with Gasteiger partial charge in [0.15, 0.2) is 11.5 Å². The van der Waals surface area contributed by atoms with E-state index in [4.69, 9.17) is 15.9 Å². The lowest BCUT2D eigenvalue weighted by atomic mass is 10.2. The monoisotopic (exact) mass is 247 g/mol. The molecule has 0 aliphatic rings. The van der Waals surface area contributed by atoms with Crippen molar-refractivity contribution in [2.45, 2.75) is 32.9 Å². The third-order valence-electron chi connectivity index (χ3n) is 2.81. The summed E-state index contributed by atoms with van der Waals surface area (Å²) in [7, 11) is 1.63. The number of methoxy groups -OCH3 is 1. The molecule has 0 heterocycles. The van der Waals surface area contributed by atoms with E-state index in [2.05, 4.69) is 25.1 Å². The Morgan fingerprint density at radius 2 is 2.17 bits per heavy atom. The van der Waals surface area contributed by atoms with Crippen molar-refractivity contribution in [1.29, 1.82) is 0 Å². The van der Waals surface area contributed by atoms with Gasteiger partial charge in [0.05, 0.1) is 7.11 Å². The third kappa shape index (κ3) is 4.31. The molecule has 1 atom stereocenters. The second kappa shape index (κ2) is 7.62. The molecule has 0 saturated heterocycles. The Morgan fingerprint density at radius 1 is 1.39 bits per heavy atom. The zero-order valence-corrected chi connectivity index (χ0v) is 11.3. The number of benzene rings is 1. The van der Waals surface area contributed by atoms with Crippen LogP contribution in [-0.4, -0.2) is 19.8 Å². The van der Waals surface area contributed by atoms with Gasteiger partial charge in [-0.3, -0.25) is 0 Å². The van der Waals surface area contributed by atoms with Gasteiger partial charge in [-0.2, -0.15) is 0 Å². The minimum absolute atomic E-state index is 0.251. The molecule has 1 aromatic rings. The van der Waals surface area contributed by atoms with Crippen molar-refractivity contribution in [2.24, 2.45) is 0 Å². The second-order valence-electron chi connectivity index (χ2n) is 4.17. The summed E-state index contributed by atoms with van der Waals surface area (Å²) in [5, 5.41) is 3.43. The first kappa shape index (κ1) is 14.4. The standard InChI is InChI=1S/C15H21NO2/c1-5-9-18-14-8-7-13(10-15(14)17-4)11-16-12(3)6-2/h1,7-8,10,12,16H,6,9,11H2,2-4H3. The molecule has 0 saturated carbocycles. The number of rotatable bonds is 7. The predicted octanol–water partition coefficient (Wildman–Crippen LogP) is 2.60. The summed E-state index contributed by atoms with van der Waals surface area (Å²) in [4.78, 5) is 0. The van der Waals surface area contributed by atoms with E-state index in [9.17, 15) is 0 Å². The fourth-order valence-electron chi connectivity index (χ4n) is 1.50. The Kier molecular flexibility index (Phi) is 6.10.